The second-order valence-corrected chi connectivity index (χ2v) is 6.64. The van der Waals surface area contributed by atoms with Crippen LogP contribution in [0.4, 0.5) is 4.39 Å². The van der Waals surface area contributed by atoms with Gasteiger partial charge >= 0.3 is 0 Å². The van der Waals surface area contributed by atoms with Crippen molar-refractivity contribution in [2.45, 2.75) is 6.61 Å². The highest BCUT2D eigenvalue weighted by Gasteiger charge is 2.14. The summed E-state index contributed by atoms with van der Waals surface area (Å²) in [7, 11) is 0. The van der Waals surface area contributed by atoms with E-state index in [2.05, 4.69) is 10.2 Å². The zero-order chi connectivity index (χ0) is 19.5. The highest BCUT2D eigenvalue weighted by molar-refractivity contribution is 6.31. The first-order valence-corrected chi connectivity index (χ1v) is 8.98. The number of H-pyrrole nitrogens is 1. The minimum absolute atomic E-state index is 0.0594. The molecule has 0 fully saturated rings. The van der Waals surface area contributed by atoms with E-state index >= 15 is 0 Å². The molecule has 0 bridgehead atoms. The Morgan fingerprint density at radius 3 is 2.57 bits per heavy atom. The van der Waals surface area contributed by atoms with Crippen molar-refractivity contribution in [3.63, 3.8) is 0 Å². The monoisotopic (exact) mass is 394 g/mol. The Kier molecular flexibility index (Phi) is 5.00. The molecule has 0 aliphatic heterocycles. The second-order valence-electron chi connectivity index (χ2n) is 6.23. The van der Waals surface area contributed by atoms with Crippen LogP contribution in [0.2, 0.25) is 5.02 Å². The Balaban J connectivity index is 1.57. The fourth-order valence-corrected chi connectivity index (χ4v) is 3.16. The van der Waals surface area contributed by atoms with Gasteiger partial charge in [-0.15, -0.1) is 0 Å². The lowest BCUT2D eigenvalue weighted by molar-refractivity contribution is 0.304. The molecule has 4 aromatic rings. The number of aromatic hydroxyl groups is 1. The van der Waals surface area contributed by atoms with E-state index in [1.165, 1.54) is 18.2 Å². The first kappa shape index (κ1) is 18.1. The largest absolute Gasteiger partial charge is 0.507 e. The molecule has 0 aliphatic rings. The molecule has 0 spiro atoms. The van der Waals surface area contributed by atoms with Crippen LogP contribution in [-0.2, 0) is 6.61 Å². The number of nitrogens with one attached hydrogen (secondary N) is 1. The molecular weight excluding hydrogens is 379 g/mol. The van der Waals surface area contributed by atoms with Crippen LogP contribution in [0.5, 0.6) is 11.5 Å². The Morgan fingerprint density at radius 2 is 1.82 bits per heavy atom. The molecule has 0 atom stereocenters. The number of hydrogen-bond acceptors (Lipinski definition) is 3. The third-order valence-corrected chi connectivity index (χ3v) is 4.72. The van der Waals surface area contributed by atoms with Crippen LogP contribution in [0.1, 0.15) is 5.56 Å². The average Bonchev–Trinajstić information content (AvgIpc) is 3.17. The zero-order valence-electron chi connectivity index (χ0n) is 14.7. The lowest BCUT2D eigenvalue weighted by atomic mass is 10.0. The molecule has 3 aromatic carbocycles. The number of benzene rings is 3. The standard InChI is InChI=1S/C22H16ClFN2O2/c23-20-10-16(24)7-6-15(20)13-28-17-8-9-18(21(27)11-17)22-19(12-25-26-22)14-4-2-1-3-5-14/h1-12,27H,13H2,(H,25,26). The first-order chi connectivity index (χ1) is 13.6. The fourth-order valence-electron chi connectivity index (χ4n) is 2.94. The summed E-state index contributed by atoms with van der Waals surface area (Å²) in [5.74, 6) is 0.135. The Morgan fingerprint density at radius 1 is 1.00 bits per heavy atom. The molecule has 2 N–H and O–H groups in total. The number of ether oxygens (including phenoxy) is 1. The van der Waals surface area contributed by atoms with Crippen molar-refractivity contribution in [3.05, 3.63) is 89.3 Å². The molecule has 140 valence electrons. The van der Waals surface area contributed by atoms with Gasteiger partial charge in [-0.05, 0) is 29.8 Å². The van der Waals surface area contributed by atoms with Crippen molar-refractivity contribution in [2.75, 3.05) is 0 Å². The summed E-state index contributed by atoms with van der Waals surface area (Å²) in [6.07, 6.45) is 1.73. The number of phenolic OH excluding ortho intramolecular Hbond substituents is 1. The molecular formula is C22H16ClFN2O2. The van der Waals surface area contributed by atoms with Crippen molar-refractivity contribution in [2.24, 2.45) is 0 Å². The predicted octanol–water partition coefficient (Wildman–Crippen LogP) is 5.82. The van der Waals surface area contributed by atoms with Gasteiger partial charge in [0.1, 0.15) is 23.9 Å². The number of halogens is 2. The van der Waals surface area contributed by atoms with Crippen molar-refractivity contribution in [1.82, 2.24) is 10.2 Å². The number of hydrogen-bond donors (Lipinski definition) is 2. The third-order valence-electron chi connectivity index (χ3n) is 4.37. The van der Waals surface area contributed by atoms with E-state index in [4.69, 9.17) is 16.3 Å². The van der Waals surface area contributed by atoms with E-state index in [-0.39, 0.29) is 12.4 Å². The lowest BCUT2D eigenvalue weighted by Gasteiger charge is -2.11. The van der Waals surface area contributed by atoms with Crippen molar-refractivity contribution in [1.29, 1.82) is 0 Å². The summed E-state index contributed by atoms with van der Waals surface area (Å²) in [6, 6.07) is 19.0. The minimum atomic E-state index is -0.399. The molecule has 0 unspecified atom stereocenters. The molecule has 0 saturated heterocycles. The lowest BCUT2D eigenvalue weighted by Crippen LogP contribution is -1.97. The van der Waals surface area contributed by atoms with E-state index in [0.717, 1.165) is 16.8 Å². The quantitative estimate of drug-likeness (QED) is 0.448. The molecule has 0 radical (unpaired) electrons. The molecule has 4 rings (SSSR count). The van der Waals surface area contributed by atoms with Gasteiger partial charge in [-0.1, -0.05) is 48.0 Å². The van der Waals surface area contributed by atoms with E-state index in [1.807, 2.05) is 30.3 Å². The predicted molar refractivity (Wildman–Crippen MR) is 107 cm³/mol. The van der Waals surface area contributed by atoms with Crippen LogP contribution in [0, 0.1) is 5.82 Å². The molecule has 0 aliphatic carbocycles. The van der Waals surface area contributed by atoms with Crippen LogP contribution in [-0.4, -0.2) is 15.3 Å². The second kappa shape index (κ2) is 7.74. The fraction of sp³-hybridized carbons (Fsp3) is 0.0455. The van der Waals surface area contributed by atoms with Gasteiger partial charge in [-0.25, -0.2) is 4.39 Å². The SMILES string of the molecule is Oc1cc(OCc2ccc(F)cc2Cl)ccc1-c1[nH]ncc1-c1ccccc1. The van der Waals surface area contributed by atoms with Gasteiger partial charge in [0.25, 0.3) is 0 Å². The Hall–Kier alpha value is -3.31. The third kappa shape index (κ3) is 3.70. The number of aromatic amines is 1. The normalized spacial score (nSPS) is 10.8. The van der Waals surface area contributed by atoms with Gasteiger partial charge in [0.05, 0.1) is 16.9 Å². The van der Waals surface area contributed by atoms with E-state index < -0.39 is 5.82 Å². The van der Waals surface area contributed by atoms with Gasteiger partial charge in [-0.3, -0.25) is 5.10 Å². The summed E-state index contributed by atoms with van der Waals surface area (Å²) in [6.45, 7) is 0.164. The zero-order valence-corrected chi connectivity index (χ0v) is 15.4. The maximum absolute atomic E-state index is 13.1. The molecule has 0 amide bonds. The highest BCUT2D eigenvalue weighted by atomic mass is 35.5. The van der Waals surface area contributed by atoms with Crippen LogP contribution in [0.25, 0.3) is 22.4 Å². The maximum Gasteiger partial charge on any atom is 0.128 e. The van der Waals surface area contributed by atoms with Gasteiger partial charge in [0, 0.05) is 22.8 Å². The van der Waals surface area contributed by atoms with Crippen LogP contribution in [0.15, 0.2) is 72.9 Å². The highest BCUT2D eigenvalue weighted by Crippen LogP contribution is 2.37. The van der Waals surface area contributed by atoms with Gasteiger partial charge in [0.15, 0.2) is 0 Å². The van der Waals surface area contributed by atoms with Gasteiger partial charge in [0.2, 0.25) is 0 Å². The van der Waals surface area contributed by atoms with Gasteiger partial charge in [-0.2, -0.15) is 5.10 Å². The summed E-state index contributed by atoms with van der Waals surface area (Å²) < 4.78 is 18.8. The molecule has 1 aromatic heterocycles. The first-order valence-electron chi connectivity index (χ1n) is 8.61. The van der Waals surface area contributed by atoms with Crippen LogP contribution >= 0.6 is 11.6 Å². The van der Waals surface area contributed by atoms with E-state index in [1.54, 1.807) is 24.4 Å². The smallest absolute Gasteiger partial charge is 0.128 e. The summed E-state index contributed by atoms with van der Waals surface area (Å²) in [4.78, 5) is 0. The number of rotatable bonds is 5. The van der Waals surface area contributed by atoms with Crippen LogP contribution < -0.4 is 4.74 Å². The van der Waals surface area contributed by atoms with E-state index in [9.17, 15) is 9.50 Å². The molecule has 6 heteroatoms. The summed E-state index contributed by atoms with van der Waals surface area (Å²) in [5.41, 5.74) is 3.88. The molecule has 1 heterocycles. The number of nitrogens with zero attached hydrogens (tertiary/aromatic N) is 1. The van der Waals surface area contributed by atoms with Crippen molar-refractivity contribution < 1.29 is 14.2 Å². The maximum atomic E-state index is 13.1. The minimum Gasteiger partial charge on any atom is -0.507 e. The molecule has 28 heavy (non-hydrogen) atoms. The van der Waals surface area contributed by atoms with Crippen molar-refractivity contribution >= 4 is 11.6 Å². The van der Waals surface area contributed by atoms with E-state index in [0.29, 0.717) is 21.9 Å². The summed E-state index contributed by atoms with van der Waals surface area (Å²) >= 11 is 6.01. The summed E-state index contributed by atoms with van der Waals surface area (Å²) in [5, 5.41) is 17.9. The topological polar surface area (TPSA) is 58.1 Å². The number of aromatic nitrogens is 2. The number of phenols is 1. The Labute approximate surface area is 166 Å². The Bertz CT molecular complexity index is 1110. The average molecular weight is 395 g/mol. The van der Waals surface area contributed by atoms with Crippen molar-refractivity contribution in [3.8, 4) is 33.9 Å². The van der Waals surface area contributed by atoms with Crippen LogP contribution in [0.3, 0.4) is 0 Å². The van der Waals surface area contributed by atoms with Gasteiger partial charge < -0.3 is 9.84 Å². The molecule has 4 nitrogen and oxygen atoms in total. The molecule has 0 saturated carbocycles.